The van der Waals surface area contributed by atoms with Crippen molar-refractivity contribution < 1.29 is 14.6 Å². The highest BCUT2D eigenvalue weighted by molar-refractivity contribution is 5.69. The molecule has 1 N–H and O–H groups in total. The summed E-state index contributed by atoms with van der Waals surface area (Å²) < 4.78 is 4.99. The predicted octanol–water partition coefficient (Wildman–Crippen LogP) is 5.95. The van der Waals surface area contributed by atoms with Gasteiger partial charge in [0.15, 0.2) is 0 Å². The van der Waals surface area contributed by atoms with E-state index >= 15 is 0 Å². The second kappa shape index (κ2) is 20.2. The number of carbonyl (C=O) groups is 1. The average Bonchev–Trinajstić information content (AvgIpc) is 2.58. The van der Waals surface area contributed by atoms with Crippen molar-refractivity contribution in [3.8, 4) is 0 Å². The van der Waals surface area contributed by atoms with Crippen molar-refractivity contribution in [2.24, 2.45) is 0 Å². The van der Waals surface area contributed by atoms with Crippen LogP contribution in [-0.4, -0.2) is 24.3 Å². The number of aliphatic hydroxyl groups is 1. The first kappa shape index (κ1) is 23.2. The van der Waals surface area contributed by atoms with Gasteiger partial charge in [0.25, 0.3) is 0 Å². The zero-order valence-corrected chi connectivity index (χ0v) is 15.9. The maximum absolute atomic E-state index is 11.3. The minimum absolute atomic E-state index is 0.0840. The summed E-state index contributed by atoms with van der Waals surface area (Å²) in [5, 5.41) is 8.60. The molecule has 0 spiro atoms. The van der Waals surface area contributed by atoms with Gasteiger partial charge in [-0.15, -0.1) is 0 Å². The first-order valence-electron chi connectivity index (χ1n) is 10.2. The zero-order valence-electron chi connectivity index (χ0n) is 15.9. The van der Waals surface area contributed by atoms with Crippen LogP contribution in [0.25, 0.3) is 0 Å². The molecule has 0 unspecified atom stereocenters. The number of carbonyl (C=O) groups excluding carboxylic acids is 1. The van der Waals surface area contributed by atoms with E-state index in [-0.39, 0.29) is 12.6 Å². The fourth-order valence-electron chi connectivity index (χ4n) is 2.66. The summed E-state index contributed by atoms with van der Waals surface area (Å²) >= 11 is 0. The minimum atomic E-state index is -0.124. The Labute approximate surface area is 149 Å². The molecule has 24 heavy (non-hydrogen) atoms. The summed E-state index contributed by atoms with van der Waals surface area (Å²) in [7, 11) is 0. The molecule has 0 heterocycles. The molecule has 0 aromatic carbocycles. The van der Waals surface area contributed by atoms with Gasteiger partial charge in [0.2, 0.25) is 0 Å². The predicted molar refractivity (Wildman–Crippen MR) is 102 cm³/mol. The van der Waals surface area contributed by atoms with E-state index in [9.17, 15) is 4.79 Å². The Morgan fingerprint density at radius 1 is 0.792 bits per heavy atom. The number of esters is 1. The van der Waals surface area contributed by atoms with E-state index in [1.165, 1.54) is 70.6 Å². The Morgan fingerprint density at radius 2 is 1.33 bits per heavy atom. The van der Waals surface area contributed by atoms with E-state index in [2.05, 4.69) is 19.1 Å². The van der Waals surface area contributed by atoms with E-state index in [4.69, 9.17) is 9.84 Å². The van der Waals surface area contributed by atoms with Crippen LogP contribution in [0.1, 0.15) is 103 Å². The Kier molecular flexibility index (Phi) is 19.5. The van der Waals surface area contributed by atoms with Crippen LogP contribution in [0.15, 0.2) is 12.2 Å². The van der Waals surface area contributed by atoms with Crippen molar-refractivity contribution in [3.63, 3.8) is 0 Å². The first-order valence-corrected chi connectivity index (χ1v) is 10.2. The van der Waals surface area contributed by atoms with Crippen LogP contribution < -0.4 is 0 Å². The van der Waals surface area contributed by atoms with Gasteiger partial charge in [-0.3, -0.25) is 4.79 Å². The summed E-state index contributed by atoms with van der Waals surface area (Å²) in [4.78, 5) is 11.3. The van der Waals surface area contributed by atoms with Crippen molar-refractivity contribution >= 4 is 5.97 Å². The average molecular weight is 341 g/mol. The molecule has 0 aliphatic carbocycles. The Bertz CT molecular complexity index is 287. The monoisotopic (exact) mass is 340 g/mol. The van der Waals surface area contributed by atoms with E-state index < -0.39 is 0 Å². The number of aliphatic hydroxyl groups excluding tert-OH is 1. The molecule has 3 heteroatoms. The third-order valence-electron chi connectivity index (χ3n) is 4.21. The lowest BCUT2D eigenvalue weighted by Crippen LogP contribution is -2.06. The molecule has 0 aliphatic rings. The van der Waals surface area contributed by atoms with Gasteiger partial charge < -0.3 is 9.84 Å². The topological polar surface area (TPSA) is 46.5 Å². The maximum Gasteiger partial charge on any atom is 0.305 e. The summed E-state index contributed by atoms with van der Waals surface area (Å²) in [6, 6.07) is 0. The van der Waals surface area contributed by atoms with Crippen molar-refractivity contribution in [1.29, 1.82) is 0 Å². The largest absolute Gasteiger partial charge is 0.466 e. The van der Waals surface area contributed by atoms with Gasteiger partial charge in [-0.1, -0.05) is 70.4 Å². The second-order valence-electron chi connectivity index (χ2n) is 6.63. The molecule has 0 radical (unpaired) electrons. The fourth-order valence-corrected chi connectivity index (χ4v) is 2.66. The standard InChI is InChI=1S/C21H40O3/c1-2-3-4-5-6-7-8-9-10-11-12-13-14-15-16-18-21(23)24-20-17-19-22/h9-10,22H,2-8,11-20H2,1H3/b10-9+. The molecular formula is C21H40O3. The van der Waals surface area contributed by atoms with Crippen LogP contribution in [-0.2, 0) is 9.53 Å². The molecule has 0 aromatic heterocycles. The molecule has 0 saturated heterocycles. The molecule has 0 aliphatic heterocycles. The van der Waals surface area contributed by atoms with Crippen molar-refractivity contribution in [2.75, 3.05) is 13.2 Å². The molecule has 0 saturated carbocycles. The normalized spacial score (nSPS) is 11.2. The van der Waals surface area contributed by atoms with Gasteiger partial charge >= 0.3 is 5.97 Å². The van der Waals surface area contributed by atoms with Crippen LogP contribution in [0.4, 0.5) is 0 Å². The molecule has 3 nitrogen and oxygen atoms in total. The zero-order chi connectivity index (χ0) is 17.7. The first-order chi connectivity index (χ1) is 11.8. The Hall–Kier alpha value is -0.830. The van der Waals surface area contributed by atoms with Gasteiger partial charge in [-0.2, -0.15) is 0 Å². The quantitative estimate of drug-likeness (QED) is 0.190. The van der Waals surface area contributed by atoms with E-state index in [0.717, 1.165) is 12.8 Å². The van der Waals surface area contributed by atoms with E-state index in [0.29, 0.717) is 19.4 Å². The van der Waals surface area contributed by atoms with Gasteiger partial charge in [0.05, 0.1) is 6.61 Å². The number of unbranched alkanes of at least 4 members (excludes halogenated alkanes) is 11. The van der Waals surface area contributed by atoms with Crippen LogP contribution >= 0.6 is 0 Å². The summed E-state index contributed by atoms with van der Waals surface area (Å²) in [5.74, 6) is -0.124. The Balaban J connectivity index is 3.16. The molecular weight excluding hydrogens is 300 g/mol. The highest BCUT2D eigenvalue weighted by atomic mass is 16.5. The highest BCUT2D eigenvalue weighted by Gasteiger charge is 2.01. The highest BCUT2D eigenvalue weighted by Crippen LogP contribution is 2.10. The summed E-state index contributed by atoms with van der Waals surface area (Å²) in [5.41, 5.74) is 0. The van der Waals surface area contributed by atoms with Crippen LogP contribution in [0.5, 0.6) is 0 Å². The maximum atomic E-state index is 11.3. The smallest absolute Gasteiger partial charge is 0.305 e. The van der Waals surface area contributed by atoms with E-state index in [1.54, 1.807) is 0 Å². The van der Waals surface area contributed by atoms with Crippen molar-refractivity contribution in [2.45, 2.75) is 103 Å². The van der Waals surface area contributed by atoms with Gasteiger partial charge in [0, 0.05) is 19.4 Å². The lowest BCUT2D eigenvalue weighted by atomic mass is 10.1. The van der Waals surface area contributed by atoms with E-state index in [1.807, 2.05) is 0 Å². The van der Waals surface area contributed by atoms with Crippen molar-refractivity contribution in [3.05, 3.63) is 12.2 Å². The summed E-state index contributed by atoms with van der Waals surface area (Å²) in [6.45, 7) is 2.69. The van der Waals surface area contributed by atoms with Gasteiger partial charge in [-0.25, -0.2) is 0 Å². The molecule has 0 amide bonds. The second-order valence-corrected chi connectivity index (χ2v) is 6.63. The lowest BCUT2D eigenvalue weighted by Gasteiger charge is -2.03. The number of rotatable bonds is 18. The number of hydrogen-bond donors (Lipinski definition) is 1. The Morgan fingerprint density at radius 3 is 1.92 bits per heavy atom. The van der Waals surface area contributed by atoms with Gasteiger partial charge in [-0.05, 0) is 32.1 Å². The minimum Gasteiger partial charge on any atom is -0.466 e. The number of allylic oxidation sites excluding steroid dienone is 2. The molecule has 0 atom stereocenters. The molecule has 0 aromatic rings. The third-order valence-corrected chi connectivity index (χ3v) is 4.21. The van der Waals surface area contributed by atoms with Crippen LogP contribution in [0.3, 0.4) is 0 Å². The SMILES string of the molecule is CCCCCCCC/C=C/CCCCCCCC(=O)OCCCO. The third kappa shape index (κ3) is 19.2. The van der Waals surface area contributed by atoms with Crippen LogP contribution in [0.2, 0.25) is 0 Å². The fraction of sp³-hybridized carbons (Fsp3) is 0.857. The van der Waals surface area contributed by atoms with Crippen molar-refractivity contribution in [1.82, 2.24) is 0 Å². The number of hydrogen-bond acceptors (Lipinski definition) is 3. The van der Waals surface area contributed by atoms with Crippen LogP contribution in [0, 0.1) is 0 Å². The molecule has 0 rings (SSSR count). The lowest BCUT2D eigenvalue weighted by molar-refractivity contribution is -0.144. The van der Waals surface area contributed by atoms with Gasteiger partial charge in [0.1, 0.15) is 0 Å². The molecule has 0 bridgehead atoms. The summed E-state index contributed by atoms with van der Waals surface area (Å²) in [6.07, 6.45) is 22.2. The number of ether oxygens (including phenoxy) is 1. The molecule has 142 valence electrons. The molecule has 0 fully saturated rings.